The number of carbonyl (C=O) groups excluding carboxylic acids is 1. The maximum Gasteiger partial charge on any atom is 0.251 e. The van der Waals surface area contributed by atoms with Crippen molar-refractivity contribution in [2.24, 2.45) is 0 Å². The number of aromatic nitrogens is 1. The van der Waals surface area contributed by atoms with E-state index < -0.39 is 11.6 Å². The van der Waals surface area contributed by atoms with Crippen molar-refractivity contribution in [1.29, 1.82) is 0 Å². The molecule has 0 unspecified atom stereocenters. The van der Waals surface area contributed by atoms with Gasteiger partial charge in [0.05, 0.1) is 5.69 Å². The van der Waals surface area contributed by atoms with E-state index in [2.05, 4.69) is 15.2 Å². The van der Waals surface area contributed by atoms with Gasteiger partial charge >= 0.3 is 0 Å². The van der Waals surface area contributed by atoms with Crippen LogP contribution in [0.4, 0.5) is 8.78 Å². The molecule has 4 rings (SSSR count). The number of likely N-dealkylation sites (tertiary alicyclic amines) is 1. The summed E-state index contributed by atoms with van der Waals surface area (Å²) in [7, 11) is 0. The number of hydrogen-bond donors (Lipinski definition) is 1. The minimum atomic E-state index is -0.932. The summed E-state index contributed by atoms with van der Waals surface area (Å²) < 4.78 is 28.4. The Hall–Kier alpha value is -3.12. The van der Waals surface area contributed by atoms with Gasteiger partial charge in [-0.3, -0.25) is 9.78 Å². The second-order valence-corrected chi connectivity index (χ2v) is 8.28. The van der Waals surface area contributed by atoms with Gasteiger partial charge in [0, 0.05) is 36.0 Å². The normalized spacial score (nSPS) is 14.3. The number of hydrogen-bond acceptors (Lipinski definition) is 3. The monoisotopic (exact) mass is 435 g/mol. The Kier molecular flexibility index (Phi) is 6.90. The topological polar surface area (TPSA) is 45.2 Å². The molecule has 0 aliphatic carbocycles. The van der Waals surface area contributed by atoms with Crippen LogP contribution in [0.15, 0.2) is 54.7 Å². The van der Waals surface area contributed by atoms with Crippen LogP contribution in [0.2, 0.25) is 0 Å². The maximum absolute atomic E-state index is 14.5. The molecule has 1 aliphatic heterocycles. The molecule has 0 spiro atoms. The summed E-state index contributed by atoms with van der Waals surface area (Å²) in [5.41, 5.74) is 3.28. The summed E-state index contributed by atoms with van der Waals surface area (Å²) in [6.07, 6.45) is 5.40. The van der Waals surface area contributed by atoms with E-state index in [0.29, 0.717) is 28.9 Å². The van der Waals surface area contributed by atoms with Gasteiger partial charge in [-0.15, -0.1) is 0 Å². The summed E-state index contributed by atoms with van der Waals surface area (Å²) in [4.78, 5) is 19.7. The largest absolute Gasteiger partial charge is 0.351 e. The molecule has 0 saturated carbocycles. The molecule has 32 heavy (non-hydrogen) atoms. The SMILES string of the molecule is Cc1ccc(-c2cc(C(=O)NCCN3CCCCC3)cc(-c3cccc(F)c3F)c2)nc1. The van der Waals surface area contributed by atoms with Gasteiger partial charge < -0.3 is 10.2 Å². The van der Waals surface area contributed by atoms with Gasteiger partial charge in [0.25, 0.3) is 5.91 Å². The van der Waals surface area contributed by atoms with E-state index in [9.17, 15) is 13.6 Å². The zero-order valence-corrected chi connectivity index (χ0v) is 18.2. The maximum atomic E-state index is 14.5. The zero-order valence-electron chi connectivity index (χ0n) is 18.2. The molecule has 0 radical (unpaired) electrons. The Morgan fingerprint density at radius 3 is 2.56 bits per heavy atom. The van der Waals surface area contributed by atoms with Gasteiger partial charge in [-0.1, -0.05) is 24.6 Å². The first-order valence-corrected chi connectivity index (χ1v) is 11.0. The molecule has 1 fully saturated rings. The van der Waals surface area contributed by atoms with Crippen LogP contribution in [0, 0.1) is 18.6 Å². The Labute approximate surface area is 187 Å². The predicted octanol–water partition coefficient (Wildman–Crippen LogP) is 5.22. The molecule has 4 nitrogen and oxygen atoms in total. The van der Waals surface area contributed by atoms with Gasteiger partial charge in [-0.2, -0.15) is 0 Å². The van der Waals surface area contributed by atoms with Crippen LogP contribution in [0.25, 0.3) is 22.4 Å². The van der Waals surface area contributed by atoms with Crippen molar-refractivity contribution in [3.05, 3.63) is 77.5 Å². The van der Waals surface area contributed by atoms with Crippen molar-refractivity contribution in [2.45, 2.75) is 26.2 Å². The highest BCUT2D eigenvalue weighted by Crippen LogP contribution is 2.30. The summed E-state index contributed by atoms with van der Waals surface area (Å²) in [6, 6.07) is 12.9. The Morgan fingerprint density at radius 2 is 1.81 bits per heavy atom. The van der Waals surface area contributed by atoms with Crippen molar-refractivity contribution < 1.29 is 13.6 Å². The standard InChI is InChI=1S/C26H27F2N3O/c1-18-8-9-24(30-17-18)20-14-19(22-6-5-7-23(27)25(22)28)15-21(16-20)26(32)29-10-13-31-11-3-2-4-12-31/h5-9,14-17H,2-4,10-13H2,1H3,(H,29,32). The summed E-state index contributed by atoms with van der Waals surface area (Å²) in [5.74, 6) is -2.10. The first kappa shape index (κ1) is 22.1. The van der Waals surface area contributed by atoms with Crippen LogP contribution in [0.3, 0.4) is 0 Å². The summed E-state index contributed by atoms with van der Waals surface area (Å²) in [5, 5.41) is 2.97. The smallest absolute Gasteiger partial charge is 0.251 e. The van der Waals surface area contributed by atoms with Gasteiger partial charge in [0.15, 0.2) is 11.6 Å². The molecule has 1 aromatic heterocycles. The second-order valence-electron chi connectivity index (χ2n) is 8.28. The van der Waals surface area contributed by atoms with E-state index in [1.807, 2.05) is 19.1 Å². The fourth-order valence-corrected chi connectivity index (χ4v) is 4.04. The second kappa shape index (κ2) is 10.0. The van der Waals surface area contributed by atoms with E-state index in [-0.39, 0.29) is 11.5 Å². The molecule has 2 heterocycles. The predicted molar refractivity (Wildman–Crippen MR) is 122 cm³/mol. The fourth-order valence-electron chi connectivity index (χ4n) is 4.04. The highest BCUT2D eigenvalue weighted by atomic mass is 19.2. The number of benzene rings is 2. The van der Waals surface area contributed by atoms with E-state index in [0.717, 1.165) is 31.3 Å². The molecule has 1 N–H and O–H groups in total. The number of nitrogens with one attached hydrogen (secondary N) is 1. The number of pyridine rings is 1. The molecule has 2 aromatic carbocycles. The summed E-state index contributed by atoms with van der Waals surface area (Å²) >= 11 is 0. The van der Waals surface area contributed by atoms with Crippen LogP contribution in [0.1, 0.15) is 35.2 Å². The molecule has 1 amide bonds. The van der Waals surface area contributed by atoms with E-state index >= 15 is 0 Å². The number of nitrogens with zero attached hydrogens (tertiary/aromatic N) is 2. The molecule has 0 bridgehead atoms. The van der Waals surface area contributed by atoms with Gasteiger partial charge in [-0.25, -0.2) is 8.78 Å². The lowest BCUT2D eigenvalue weighted by Crippen LogP contribution is -2.37. The Balaban J connectivity index is 1.63. The lowest BCUT2D eigenvalue weighted by atomic mass is 9.97. The highest BCUT2D eigenvalue weighted by Gasteiger charge is 2.16. The highest BCUT2D eigenvalue weighted by molar-refractivity contribution is 5.97. The lowest BCUT2D eigenvalue weighted by molar-refractivity contribution is 0.0946. The third-order valence-corrected chi connectivity index (χ3v) is 5.83. The van der Waals surface area contributed by atoms with Crippen molar-refractivity contribution >= 4 is 5.91 Å². The average Bonchev–Trinajstić information content (AvgIpc) is 2.81. The number of halogens is 2. The van der Waals surface area contributed by atoms with E-state index in [1.54, 1.807) is 24.4 Å². The van der Waals surface area contributed by atoms with Gasteiger partial charge in [-0.05, 0) is 74.3 Å². The molecule has 6 heteroatoms. The number of aryl methyl sites for hydroxylation is 1. The molecular formula is C26H27F2N3O. The average molecular weight is 436 g/mol. The third-order valence-electron chi connectivity index (χ3n) is 5.83. The first-order chi connectivity index (χ1) is 15.5. The molecule has 0 atom stereocenters. The van der Waals surface area contributed by atoms with Crippen molar-refractivity contribution in [3.8, 4) is 22.4 Å². The lowest BCUT2D eigenvalue weighted by Gasteiger charge is -2.26. The molecule has 166 valence electrons. The van der Waals surface area contributed by atoms with Crippen LogP contribution in [0.5, 0.6) is 0 Å². The number of amides is 1. The number of rotatable bonds is 6. The van der Waals surface area contributed by atoms with Crippen molar-refractivity contribution in [1.82, 2.24) is 15.2 Å². The Bertz CT molecular complexity index is 1090. The number of piperidine rings is 1. The van der Waals surface area contributed by atoms with Crippen LogP contribution in [-0.4, -0.2) is 42.0 Å². The Morgan fingerprint density at radius 1 is 1.03 bits per heavy atom. The molecule has 3 aromatic rings. The summed E-state index contributed by atoms with van der Waals surface area (Å²) in [6.45, 7) is 5.41. The molecule has 1 aliphatic rings. The zero-order chi connectivity index (χ0) is 22.5. The van der Waals surface area contributed by atoms with Crippen molar-refractivity contribution in [3.63, 3.8) is 0 Å². The van der Waals surface area contributed by atoms with Gasteiger partial charge in [0.2, 0.25) is 0 Å². The molecular weight excluding hydrogens is 408 g/mol. The van der Waals surface area contributed by atoms with Crippen LogP contribution in [-0.2, 0) is 0 Å². The third kappa shape index (κ3) is 5.19. The fraction of sp³-hybridized carbons (Fsp3) is 0.308. The van der Waals surface area contributed by atoms with Crippen LogP contribution >= 0.6 is 0 Å². The molecule has 1 saturated heterocycles. The van der Waals surface area contributed by atoms with Crippen molar-refractivity contribution in [2.75, 3.05) is 26.2 Å². The first-order valence-electron chi connectivity index (χ1n) is 11.0. The van der Waals surface area contributed by atoms with E-state index in [4.69, 9.17) is 0 Å². The number of carbonyl (C=O) groups is 1. The minimum Gasteiger partial charge on any atom is -0.351 e. The van der Waals surface area contributed by atoms with Crippen LogP contribution < -0.4 is 5.32 Å². The quantitative estimate of drug-likeness (QED) is 0.578. The van der Waals surface area contributed by atoms with Gasteiger partial charge in [0.1, 0.15) is 0 Å². The minimum absolute atomic E-state index is 0.112. The van der Waals surface area contributed by atoms with E-state index in [1.165, 1.54) is 31.4 Å².